The fourth-order valence-electron chi connectivity index (χ4n) is 1.85. The number of hydrogen-bond acceptors (Lipinski definition) is 4. The van der Waals surface area contributed by atoms with Gasteiger partial charge < -0.3 is 15.2 Å². The number of aliphatic hydroxyl groups excluding tert-OH is 1. The minimum atomic E-state index is -0.304. The maximum atomic E-state index is 12.1. The van der Waals surface area contributed by atoms with Crippen molar-refractivity contribution in [3.05, 3.63) is 42.2 Å². The number of aromatic nitrogens is 2. The summed E-state index contributed by atoms with van der Waals surface area (Å²) < 4.78 is 7.09. The maximum Gasteiger partial charge on any atom is 0.275 e. The Morgan fingerprint density at radius 1 is 1.38 bits per heavy atom. The Kier molecular flexibility index (Phi) is 5.34. The van der Waals surface area contributed by atoms with Gasteiger partial charge in [0.15, 0.2) is 11.4 Å². The van der Waals surface area contributed by atoms with E-state index in [0.29, 0.717) is 25.3 Å². The van der Waals surface area contributed by atoms with Crippen molar-refractivity contribution < 1.29 is 14.6 Å². The summed E-state index contributed by atoms with van der Waals surface area (Å²) in [5.41, 5.74) is 1.10. The Labute approximate surface area is 123 Å². The predicted molar refractivity (Wildman–Crippen MR) is 78.8 cm³/mol. The molecule has 1 heterocycles. The zero-order valence-electron chi connectivity index (χ0n) is 12.0. The van der Waals surface area contributed by atoms with Crippen LogP contribution in [0.25, 0.3) is 5.69 Å². The van der Waals surface area contributed by atoms with Gasteiger partial charge >= 0.3 is 0 Å². The molecule has 1 aromatic carbocycles. The monoisotopic (exact) mass is 289 g/mol. The fraction of sp³-hybridized carbons (Fsp3) is 0.333. The maximum absolute atomic E-state index is 12.1. The number of nitrogens with one attached hydrogen (secondary N) is 1. The smallest absolute Gasteiger partial charge is 0.275 e. The van der Waals surface area contributed by atoms with Gasteiger partial charge in [-0.1, -0.05) is 18.2 Å². The molecule has 0 radical (unpaired) electrons. The van der Waals surface area contributed by atoms with Gasteiger partial charge in [0.25, 0.3) is 5.91 Å². The van der Waals surface area contributed by atoms with E-state index in [-0.39, 0.29) is 18.2 Å². The first-order valence-corrected chi connectivity index (χ1v) is 6.93. The first-order chi connectivity index (χ1) is 10.3. The third-order valence-corrected chi connectivity index (χ3v) is 2.84. The molecule has 0 aliphatic heterocycles. The van der Waals surface area contributed by atoms with Gasteiger partial charge in [-0.25, -0.2) is 4.68 Å². The molecule has 0 aliphatic rings. The van der Waals surface area contributed by atoms with E-state index < -0.39 is 0 Å². The molecule has 0 unspecified atom stereocenters. The van der Waals surface area contributed by atoms with Crippen LogP contribution in [0.4, 0.5) is 0 Å². The minimum absolute atomic E-state index is 0.0387. The summed E-state index contributed by atoms with van der Waals surface area (Å²) >= 11 is 0. The molecule has 2 aromatic rings. The third-order valence-electron chi connectivity index (χ3n) is 2.84. The van der Waals surface area contributed by atoms with Crippen molar-refractivity contribution >= 4 is 5.91 Å². The van der Waals surface area contributed by atoms with Crippen LogP contribution in [0.3, 0.4) is 0 Å². The highest BCUT2D eigenvalue weighted by atomic mass is 16.5. The van der Waals surface area contributed by atoms with Gasteiger partial charge in [0.05, 0.1) is 18.5 Å². The lowest BCUT2D eigenvalue weighted by atomic mass is 10.3. The highest BCUT2D eigenvalue weighted by Gasteiger charge is 2.18. The van der Waals surface area contributed by atoms with E-state index in [1.165, 1.54) is 0 Å². The molecule has 6 heteroatoms. The van der Waals surface area contributed by atoms with E-state index in [1.807, 2.05) is 37.3 Å². The second-order valence-electron chi connectivity index (χ2n) is 4.39. The molecule has 0 fully saturated rings. The van der Waals surface area contributed by atoms with E-state index in [4.69, 9.17) is 9.84 Å². The van der Waals surface area contributed by atoms with Crippen molar-refractivity contribution in [2.45, 2.75) is 13.3 Å². The van der Waals surface area contributed by atoms with Crippen LogP contribution in [0.2, 0.25) is 0 Å². The number of aliphatic hydroxyl groups is 1. The van der Waals surface area contributed by atoms with E-state index in [2.05, 4.69) is 10.4 Å². The van der Waals surface area contributed by atoms with Crippen molar-refractivity contribution in [1.82, 2.24) is 15.1 Å². The summed E-state index contributed by atoms with van der Waals surface area (Å²) in [6, 6.07) is 9.52. The number of carbonyl (C=O) groups excluding carboxylic acids is 1. The number of benzene rings is 1. The van der Waals surface area contributed by atoms with Gasteiger partial charge in [0.2, 0.25) is 0 Å². The van der Waals surface area contributed by atoms with Crippen LogP contribution in [0.1, 0.15) is 23.8 Å². The lowest BCUT2D eigenvalue weighted by molar-refractivity contribution is 0.0942. The molecular weight excluding hydrogens is 270 g/mol. The molecule has 0 atom stereocenters. The number of rotatable bonds is 7. The SMILES string of the molecule is CCOc1cn(-c2ccccc2)nc1C(=O)NCCCO. The Morgan fingerprint density at radius 2 is 2.14 bits per heavy atom. The Morgan fingerprint density at radius 3 is 2.81 bits per heavy atom. The molecule has 112 valence electrons. The van der Waals surface area contributed by atoms with E-state index in [0.717, 1.165) is 5.69 Å². The third kappa shape index (κ3) is 3.82. The number of nitrogens with zero attached hydrogens (tertiary/aromatic N) is 2. The van der Waals surface area contributed by atoms with Gasteiger partial charge in [-0.3, -0.25) is 4.79 Å². The van der Waals surface area contributed by atoms with E-state index in [1.54, 1.807) is 10.9 Å². The van der Waals surface area contributed by atoms with Crippen LogP contribution in [0, 0.1) is 0 Å². The van der Waals surface area contributed by atoms with Gasteiger partial charge in [0, 0.05) is 13.2 Å². The molecule has 6 nitrogen and oxygen atoms in total. The topological polar surface area (TPSA) is 76.4 Å². The normalized spacial score (nSPS) is 10.4. The largest absolute Gasteiger partial charge is 0.490 e. The molecule has 0 saturated heterocycles. The van der Waals surface area contributed by atoms with E-state index in [9.17, 15) is 4.79 Å². The van der Waals surface area contributed by atoms with Crippen molar-refractivity contribution in [3.63, 3.8) is 0 Å². The molecular formula is C15H19N3O3. The highest BCUT2D eigenvalue weighted by molar-refractivity contribution is 5.94. The lowest BCUT2D eigenvalue weighted by Gasteiger charge is -2.04. The zero-order chi connectivity index (χ0) is 15.1. The minimum Gasteiger partial charge on any atom is -0.490 e. The van der Waals surface area contributed by atoms with Gasteiger partial charge in [-0.05, 0) is 25.5 Å². The number of carbonyl (C=O) groups is 1. The van der Waals surface area contributed by atoms with Crippen molar-refractivity contribution in [2.24, 2.45) is 0 Å². The first-order valence-electron chi connectivity index (χ1n) is 6.93. The Hall–Kier alpha value is -2.34. The van der Waals surface area contributed by atoms with Crippen LogP contribution >= 0.6 is 0 Å². The van der Waals surface area contributed by atoms with Crippen LogP contribution in [-0.2, 0) is 0 Å². The van der Waals surface area contributed by atoms with Crippen molar-refractivity contribution in [2.75, 3.05) is 19.8 Å². The quantitative estimate of drug-likeness (QED) is 0.755. The zero-order valence-corrected chi connectivity index (χ0v) is 12.0. The van der Waals surface area contributed by atoms with Gasteiger partial charge in [-0.2, -0.15) is 5.10 Å². The average molecular weight is 289 g/mol. The number of hydrogen-bond donors (Lipinski definition) is 2. The molecule has 1 amide bonds. The van der Waals surface area contributed by atoms with Crippen LogP contribution in [0.15, 0.2) is 36.5 Å². The second kappa shape index (κ2) is 7.44. The highest BCUT2D eigenvalue weighted by Crippen LogP contribution is 2.19. The number of para-hydroxylation sites is 1. The summed E-state index contributed by atoms with van der Waals surface area (Å²) in [4.78, 5) is 12.1. The fourth-order valence-corrected chi connectivity index (χ4v) is 1.85. The predicted octanol–water partition coefficient (Wildman–Crippen LogP) is 1.38. The summed E-state index contributed by atoms with van der Waals surface area (Å²) in [6.45, 7) is 2.75. The molecule has 21 heavy (non-hydrogen) atoms. The molecule has 2 N–H and O–H groups in total. The average Bonchev–Trinajstić information content (AvgIpc) is 2.93. The molecule has 0 spiro atoms. The van der Waals surface area contributed by atoms with Crippen LogP contribution in [-0.4, -0.2) is 40.6 Å². The Bertz CT molecular complexity index is 581. The molecule has 1 aromatic heterocycles. The summed E-state index contributed by atoms with van der Waals surface area (Å²) in [6.07, 6.45) is 2.20. The second-order valence-corrected chi connectivity index (χ2v) is 4.39. The van der Waals surface area contributed by atoms with E-state index >= 15 is 0 Å². The van der Waals surface area contributed by atoms with Gasteiger partial charge in [-0.15, -0.1) is 0 Å². The lowest BCUT2D eigenvalue weighted by Crippen LogP contribution is -2.26. The summed E-state index contributed by atoms with van der Waals surface area (Å²) in [5.74, 6) is 0.143. The van der Waals surface area contributed by atoms with Gasteiger partial charge in [0.1, 0.15) is 0 Å². The number of ether oxygens (including phenoxy) is 1. The van der Waals surface area contributed by atoms with Crippen molar-refractivity contribution in [1.29, 1.82) is 0 Å². The number of amides is 1. The standard InChI is InChI=1S/C15H19N3O3/c1-2-21-13-11-18(12-7-4-3-5-8-12)17-14(13)15(20)16-9-6-10-19/h3-5,7-8,11,19H,2,6,9-10H2,1H3,(H,16,20). The van der Waals surface area contributed by atoms with Crippen molar-refractivity contribution in [3.8, 4) is 11.4 Å². The molecule has 0 saturated carbocycles. The molecule has 0 bridgehead atoms. The Balaban J connectivity index is 2.23. The molecule has 2 rings (SSSR count). The molecule has 0 aliphatic carbocycles. The van der Waals surface area contributed by atoms with Crippen LogP contribution < -0.4 is 10.1 Å². The summed E-state index contributed by atoms with van der Waals surface area (Å²) in [5, 5.41) is 15.7. The van der Waals surface area contributed by atoms with Crippen LogP contribution in [0.5, 0.6) is 5.75 Å². The summed E-state index contributed by atoms with van der Waals surface area (Å²) in [7, 11) is 0. The first kappa shape index (κ1) is 15.1.